The van der Waals surface area contributed by atoms with Crippen LogP contribution in [0.15, 0.2) is 36.4 Å². The van der Waals surface area contributed by atoms with Gasteiger partial charge in [0.05, 0.1) is 11.2 Å². The highest BCUT2D eigenvalue weighted by Gasteiger charge is 2.37. The lowest BCUT2D eigenvalue weighted by Crippen LogP contribution is -2.50. The second-order valence-corrected chi connectivity index (χ2v) is 9.71. The molecule has 0 unspecified atom stereocenters. The third-order valence-electron chi connectivity index (χ3n) is 4.06. The smallest absolute Gasteiger partial charge is 0.136 e. The molecule has 0 spiro atoms. The Morgan fingerprint density at radius 1 is 1.19 bits per heavy atom. The molecular weight excluding hydrogens is 375 g/mol. The summed E-state index contributed by atoms with van der Waals surface area (Å²) in [7, 11) is 0. The molecule has 1 heterocycles. The molecule has 0 bridgehead atoms. The highest BCUT2D eigenvalue weighted by Crippen LogP contribution is 2.32. The fourth-order valence-corrected chi connectivity index (χ4v) is 3.56. The van der Waals surface area contributed by atoms with Gasteiger partial charge in [0.1, 0.15) is 15.7 Å². The quantitative estimate of drug-likeness (QED) is 0.565. The monoisotopic (exact) mass is 398 g/mol. The summed E-state index contributed by atoms with van der Waals surface area (Å²) in [5.41, 5.74) is 1.29. The van der Waals surface area contributed by atoms with Crippen molar-refractivity contribution in [3.8, 4) is 11.3 Å². The molecule has 0 aliphatic heterocycles. The number of halogens is 2. The molecular formula is C19H24ClFN2O2S. The van der Waals surface area contributed by atoms with Gasteiger partial charge in [-0.2, -0.15) is 0 Å². The normalized spacial score (nSPS) is 15.5. The molecule has 0 fully saturated rings. The average molecular weight is 399 g/mol. The van der Waals surface area contributed by atoms with Crippen molar-refractivity contribution in [3.05, 3.63) is 52.9 Å². The van der Waals surface area contributed by atoms with E-state index in [-0.39, 0.29) is 17.6 Å². The number of nitrogens with one attached hydrogen (secondary N) is 1. The lowest BCUT2D eigenvalue weighted by molar-refractivity contribution is 0.237. The zero-order valence-electron chi connectivity index (χ0n) is 15.3. The Bertz CT molecular complexity index is 752. The molecule has 0 aliphatic carbocycles. The van der Waals surface area contributed by atoms with E-state index in [2.05, 4.69) is 9.71 Å². The second kappa shape index (κ2) is 8.23. The van der Waals surface area contributed by atoms with Gasteiger partial charge in [-0.1, -0.05) is 11.6 Å². The predicted molar refractivity (Wildman–Crippen MR) is 105 cm³/mol. The molecule has 0 amide bonds. The van der Waals surface area contributed by atoms with Crippen molar-refractivity contribution in [3.63, 3.8) is 0 Å². The van der Waals surface area contributed by atoms with Crippen molar-refractivity contribution in [1.29, 1.82) is 0 Å². The summed E-state index contributed by atoms with van der Waals surface area (Å²) < 4.78 is 28.5. The van der Waals surface area contributed by atoms with Crippen molar-refractivity contribution >= 4 is 23.0 Å². The minimum atomic E-state index is -1.34. The Morgan fingerprint density at radius 2 is 1.81 bits per heavy atom. The summed E-state index contributed by atoms with van der Waals surface area (Å²) in [6, 6.07) is 9.48. The van der Waals surface area contributed by atoms with E-state index in [1.54, 1.807) is 18.2 Å². The first-order valence-electron chi connectivity index (χ1n) is 8.30. The minimum Gasteiger partial charge on any atom is -0.598 e. The number of pyridine rings is 1. The first kappa shape index (κ1) is 21.1. The van der Waals surface area contributed by atoms with Crippen LogP contribution in [0.5, 0.6) is 0 Å². The van der Waals surface area contributed by atoms with E-state index < -0.39 is 21.6 Å². The first-order chi connectivity index (χ1) is 12.0. The van der Waals surface area contributed by atoms with E-state index >= 15 is 0 Å². The minimum absolute atomic E-state index is 0.0866. The van der Waals surface area contributed by atoms with Gasteiger partial charge in [-0.3, -0.25) is 0 Å². The van der Waals surface area contributed by atoms with E-state index in [0.29, 0.717) is 12.1 Å². The fraction of sp³-hybridized carbons (Fsp3) is 0.421. The van der Waals surface area contributed by atoms with Gasteiger partial charge in [-0.25, -0.2) is 9.37 Å². The number of hydrogen-bond acceptors (Lipinski definition) is 4. The van der Waals surface area contributed by atoms with Crippen LogP contribution in [0.2, 0.25) is 5.15 Å². The SMILES string of the molecule is CC(C)(C)[S@+]([O-])N[C@@](C)(CCO)c1cc(Cl)nc(-c2ccc(F)cc2)c1. The molecule has 2 aromatic rings. The van der Waals surface area contributed by atoms with Crippen molar-refractivity contribution < 1.29 is 14.0 Å². The third kappa shape index (κ3) is 5.18. The first-order valence-corrected chi connectivity index (χ1v) is 9.82. The van der Waals surface area contributed by atoms with Crippen LogP contribution in [-0.4, -0.2) is 26.0 Å². The third-order valence-corrected chi connectivity index (χ3v) is 6.00. The van der Waals surface area contributed by atoms with Gasteiger partial charge in [0.2, 0.25) is 0 Å². The number of rotatable bonds is 6. The molecule has 2 atom stereocenters. The zero-order chi connectivity index (χ0) is 19.5. The van der Waals surface area contributed by atoms with E-state index in [1.165, 1.54) is 12.1 Å². The van der Waals surface area contributed by atoms with Crippen LogP contribution in [0, 0.1) is 5.82 Å². The summed E-state index contributed by atoms with van der Waals surface area (Å²) >= 11 is 4.87. The molecule has 2 N–H and O–H groups in total. The summed E-state index contributed by atoms with van der Waals surface area (Å²) in [5.74, 6) is -0.330. The number of hydrogen-bond donors (Lipinski definition) is 2. The van der Waals surface area contributed by atoms with Crippen LogP contribution in [0.1, 0.15) is 39.7 Å². The molecule has 1 aromatic carbocycles. The van der Waals surface area contributed by atoms with Crippen LogP contribution in [0.25, 0.3) is 11.3 Å². The number of nitrogens with zero attached hydrogens (tertiary/aromatic N) is 1. The van der Waals surface area contributed by atoms with Crippen molar-refractivity contribution in [2.45, 2.75) is 44.4 Å². The van der Waals surface area contributed by atoms with Gasteiger partial charge in [-0.05, 0) is 76.1 Å². The lowest BCUT2D eigenvalue weighted by atomic mass is 9.89. The number of benzene rings is 1. The summed E-state index contributed by atoms with van der Waals surface area (Å²) in [5, 5.41) is 9.81. The molecule has 0 saturated heterocycles. The average Bonchev–Trinajstić information content (AvgIpc) is 2.54. The Kier molecular flexibility index (Phi) is 6.69. The fourth-order valence-electron chi connectivity index (χ4n) is 2.42. The van der Waals surface area contributed by atoms with E-state index in [9.17, 15) is 14.0 Å². The van der Waals surface area contributed by atoms with Gasteiger partial charge in [-0.15, -0.1) is 4.72 Å². The molecule has 7 heteroatoms. The van der Waals surface area contributed by atoms with E-state index in [0.717, 1.165) is 11.1 Å². The summed E-state index contributed by atoms with van der Waals surface area (Å²) in [4.78, 5) is 4.31. The Hall–Kier alpha value is -1.18. The molecule has 0 radical (unpaired) electrons. The number of aliphatic hydroxyl groups is 1. The van der Waals surface area contributed by atoms with Crippen LogP contribution >= 0.6 is 11.6 Å². The lowest BCUT2D eigenvalue weighted by Gasteiger charge is -2.35. The van der Waals surface area contributed by atoms with Crippen molar-refractivity contribution in [2.24, 2.45) is 0 Å². The van der Waals surface area contributed by atoms with Gasteiger partial charge in [0.15, 0.2) is 0 Å². The number of aliphatic hydroxyl groups excluding tert-OH is 1. The van der Waals surface area contributed by atoms with Gasteiger partial charge >= 0.3 is 0 Å². The Morgan fingerprint density at radius 3 is 2.35 bits per heavy atom. The van der Waals surface area contributed by atoms with Crippen molar-refractivity contribution in [2.75, 3.05) is 6.61 Å². The highest BCUT2D eigenvalue weighted by molar-refractivity contribution is 7.90. The topological polar surface area (TPSA) is 68.2 Å². The molecule has 0 aliphatic rings. The van der Waals surface area contributed by atoms with E-state index in [4.69, 9.17) is 11.6 Å². The maximum atomic E-state index is 13.2. The second-order valence-electron chi connectivity index (χ2n) is 7.36. The Balaban J connectivity index is 2.46. The Labute approximate surface area is 162 Å². The molecule has 2 rings (SSSR count). The van der Waals surface area contributed by atoms with Crippen LogP contribution in [0.4, 0.5) is 4.39 Å². The standard InChI is InChI=1S/C19H24ClFN2O2S/c1-18(2,3)26(25)23-19(4,9-10-24)14-11-16(22-17(20)12-14)13-5-7-15(21)8-6-13/h5-8,11-12,23-24H,9-10H2,1-4H3/t19-,26-/m0/s1. The van der Waals surface area contributed by atoms with Gasteiger partial charge in [0.25, 0.3) is 0 Å². The van der Waals surface area contributed by atoms with Crippen LogP contribution in [0.3, 0.4) is 0 Å². The van der Waals surface area contributed by atoms with Gasteiger partial charge < -0.3 is 9.66 Å². The number of aromatic nitrogens is 1. The maximum absolute atomic E-state index is 13.2. The predicted octanol–water partition coefficient (Wildman–Crippen LogP) is 4.19. The summed E-state index contributed by atoms with van der Waals surface area (Å²) in [6.07, 6.45) is 0.345. The molecule has 0 saturated carbocycles. The van der Waals surface area contributed by atoms with Gasteiger partial charge in [0, 0.05) is 23.5 Å². The van der Waals surface area contributed by atoms with Crippen LogP contribution < -0.4 is 4.72 Å². The van der Waals surface area contributed by atoms with E-state index in [1.807, 2.05) is 33.8 Å². The molecule has 4 nitrogen and oxygen atoms in total. The van der Waals surface area contributed by atoms with Crippen LogP contribution in [-0.2, 0) is 16.9 Å². The molecule has 26 heavy (non-hydrogen) atoms. The highest BCUT2D eigenvalue weighted by atomic mass is 35.5. The zero-order valence-corrected chi connectivity index (χ0v) is 16.9. The maximum Gasteiger partial charge on any atom is 0.136 e. The van der Waals surface area contributed by atoms with Crippen molar-refractivity contribution in [1.82, 2.24) is 9.71 Å². The summed E-state index contributed by atoms with van der Waals surface area (Å²) in [6.45, 7) is 7.40. The molecule has 1 aromatic heterocycles. The largest absolute Gasteiger partial charge is 0.598 e. The molecule has 142 valence electrons.